The minimum absolute atomic E-state index is 0.0000488. The van der Waals surface area contributed by atoms with Gasteiger partial charge >= 0.3 is 5.97 Å². The highest BCUT2D eigenvalue weighted by Crippen LogP contribution is 2.44. The van der Waals surface area contributed by atoms with Crippen molar-refractivity contribution in [2.45, 2.75) is 25.2 Å². The van der Waals surface area contributed by atoms with Gasteiger partial charge in [-0.05, 0) is 54.2 Å². The molecule has 0 unspecified atom stereocenters. The number of nitrogens with one attached hydrogen (secondary N) is 2. The van der Waals surface area contributed by atoms with Crippen LogP contribution in [0.4, 0.5) is 17.3 Å². The zero-order valence-corrected chi connectivity index (χ0v) is 19.8. The molecule has 0 radical (unpaired) electrons. The van der Waals surface area contributed by atoms with Gasteiger partial charge in [-0.3, -0.25) is 9.78 Å². The summed E-state index contributed by atoms with van der Waals surface area (Å²) in [6.45, 7) is 3.66. The minimum atomic E-state index is -0.847. The first-order valence-corrected chi connectivity index (χ1v) is 12.3. The standard InChI is InChI=1S/C27H27N7O2/c35-24(36)13-17-1-5-20(6-2-17)31-23-14-19(7-8-30-23)26-32-22-16-29-15-21(18-3-4-18)25(22)27(33-26)34-11-9-28-10-12-34/h1-2,5-8,14-16,18,28H,3-4,9-13H2,(H,30,31)(H,35,36). The van der Waals surface area contributed by atoms with Crippen molar-refractivity contribution in [3.05, 3.63) is 66.1 Å². The first kappa shape index (κ1) is 22.4. The molecule has 0 spiro atoms. The van der Waals surface area contributed by atoms with E-state index in [1.165, 1.54) is 18.4 Å². The number of hydrogen-bond donors (Lipinski definition) is 3. The van der Waals surface area contributed by atoms with Crippen molar-refractivity contribution in [3.8, 4) is 11.4 Å². The Bertz CT molecular complexity index is 1410. The van der Waals surface area contributed by atoms with E-state index in [1.807, 2.05) is 36.7 Å². The fourth-order valence-corrected chi connectivity index (χ4v) is 4.69. The van der Waals surface area contributed by atoms with Crippen LogP contribution in [0.25, 0.3) is 22.3 Å². The molecular weight excluding hydrogens is 454 g/mol. The van der Waals surface area contributed by atoms with Gasteiger partial charge in [-0.15, -0.1) is 0 Å². The molecule has 3 aromatic heterocycles. The van der Waals surface area contributed by atoms with Crippen molar-refractivity contribution in [2.24, 2.45) is 0 Å². The summed E-state index contributed by atoms with van der Waals surface area (Å²) in [5.74, 6) is 2.00. The van der Waals surface area contributed by atoms with E-state index in [0.717, 1.165) is 59.7 Å². The number of carboxylic acids is 1. The van der Waals surface area contributed by atoms with Crippen LogP contribution in [-0.2, 0) is 11.2 Å². The Morgan fingerprint density at radius 3 is 2.64 bits per heavy atom. The molecule has 1 saturated heterocycles. The molecule has 4 aromatic rings. The maximum atomic E-state index is 10.9. The first-order valence-electron chi connectivity index (χ1n) is 12.3. The molecule has 0 amide bonds. The number of anilines is 3. The lowest BCUT2D eigenvalue weighted by molar-refractivity contribution is -0.136. The van der Waals surface area contributed by atoms with Crippen LogP contribution in [0.15, 0.2) is 55.0 Å². The van der Waals surface area contributed by atoms with Gasteiger partial charge in [-0.2, -0.15) is 0 Å². The predicted octanol–water partition coefficient (Wildman–Crippen LogP) is 3.74. The third-order valence-corrected chi connectivity index (χ3v) is 6.65. The van der Waals surface area contributed by atoms with Gasteiger partial charge in [0.15, 0.2) is 5.82 Å². The molecule has 6 rings (SSSR count). The van der Waals surface area contributed by atoms with E-state index < -0.39 is 5.97 Å². The highest BCUT2D eigenvalue weighted by atomic mass is 16.4. The third-order valence-electron chi connectivity index (χ3n) is 6.65. The van der Waals surface area contributed by atoms with Crippen LogP contribution in [-0.4, -0.2) is 57.2 Å². The zero-order chi connectivity index (χ0) is 24.5. The maximum absolute atomic E-state index is 10.9. The number of benzene rings is 1. The molecule has 3 N–H and O–H groups in total. The minimum Gasteiger partial charge on any atom is -0.481 e. The highest BCUT2D eigenvalue weighted by molar-refractivity contribution is 5.94. The summed E-state index contributed by atoms with van der Waals surface area (Å²) in [5, 5.41) is 16.8. The molecule has 1 saturated carbocycles. The third kappa shape index (κ3) is 4.70. The molecule has 0 bridgehead atoms. The van der Waals surface area contributed by atoms with Crippen molar-refractivity contribution in [1.29, 1.82) is 0 Å². The average molecular weight is 482 g/mol. The number of fused-ring (bicyclic) bond motifs is 1. The molecule has 9 nitrogen and oxygen atoms in total. The number of aliphatic carboxylic acids is 1. The van der Waals surface area contributed by atoms with E-state index in [2.05, 4.69) is 25.5 Å². The maximum Gasteiger partial charge on any atom is 0.307 e. The van der Waals surface area contributed by atoms with Crippen LogP contribution < -0.4 is 15.5 Å². The van der Waals surface area contributed by atoms with Gasteiger partial charge in [0, 0.05) is 55.2 Å². The SMILES string of the molecule is O=C(O)Cc1ccc(Nc2cc(-c3nc(N4CCNCC4)c4c(C5CC5)cncc4n3)ccn2)cc1. The summed E-state index contributed by atoms with van der Waals surface area (Å²) < 4.78 is 0. The Hall–Kier alpha value is -4.11. The lowest BCUT2D eigenvalue weighted by Crippen LogP contribution is -2.44. The van der Waals surface area contributed by atoms with E-state index in [-0.39, 0.29) is 6.42 Å². The van der Waals surface area contributed by atoms with Crippen molar-refractivity contribution in [3.63, 3.8) is 0 Å². The van der Waals surface area contributed by atoms with Crippen molar-refractivity contribution < 1.29 is 9.90 Å². The molecule has 36 heavy (non-hydrogen) atoms. The Morgan fingerprint density at radius 1 is 1.08 bits per heavy atom. The lowest BCUT2D eigenvalue weighted by Gasteiger charge is -2.30. The fourth-order valence-electron chi connectivity index (χ4n) is 4.69. The van der Waals surface area contributed by atoms with Crippen LogP contribution >= 0.6 is 0 Å². The average Bonchev–Trinajstić information content (AvgIpc) is 3.75. The molecule has 2 fully saturated rings. The van der Waals surface area contributed by atoms with Gasteiger partial charge in [0.05, 0.1) is 18.1 Å². The van der Waals surface area contributed by atoms with Gasteiger partial charge in [0.25, 0.3) is 0 Å². The molecule has 1 aromatic carbocycles. The van der Waals surface area contributed by atoms with Crippen LogP contribution in [0, 0.1) is 0 Å². The Labute approximate surface area is 208 Å². The zero-order valence-electron chi connectivity index (χ0n) is 19.8. The quantitative estimate of drug-likeness (QED) is 0.363. The summed E-state index contributed by atoms with van der Waals surface area (Å²) in [5.41, 5.74) is 4.58. The molecule has 4 heterocycles. The van der Waals surface area contributed by atoms with Crippen molar-refractivity contribution in [1.82, 2.24) is 25.3 Å². The monoisotopic (exact) mass is 481 g/mol. The predicted molar refractivity (Wildman–Crippen MR) is 139 cm³/mol. The number of rotatable bonds is 7. The molecule has 1 aliphatic carbocycles. The Balaban J connectivity index is 1.35. The molecular formula is C27H27N7O2. The van der Waals surface area contributed by atoms with Gasteiger partial charge in [0.2, 0.25) is 0 Å². The van der Waals surface area contributed by atoms with Gasteiger partial charge in [-0.1, -0.05) is 12.1 Å². The van der Waals surface area contributed by atoms with Crippen LogP contribution in [0.2, 0.25) is 0 Å². The van der Waals surface area contributed by atoms with Crippen LogP contribution in [0.1, 0.15) is 29.9 Å². The summed E-state index contributed by atoms with van der Waals surface area (Å²) >= 11 is 0. The van der Waals surface area contributed by atoms with E-state index in [4.69, 9.17) is 15.1 Å². The van der Waals surface area contributed by atoms with Gasteiger partial charge < -0.3 is 20.6 Å². The number of nitrogens with zero attached hydrogens (tertiary/aromatic N) is 5. The number of carboxylic acid groups (broad SMARTS) is 1. The van der Waals surface area contributed by atoms with Crippen LogP contribution in [0.5, 0.6) is 0 Å². The summed E-state index contributed by atoms with van der Waals surface area (Å²) in [7, 11) is 0. The second-order valence-corrected chi connectivity index (χ2v) is 9.33. The van der Waals surface area contributed by atoms with E-state index in [9.17, 15) is 4.79 Å². The Kier molecular flexibility index (Phi) is 5.90. The summed E-state index contributed by atoms with van der Waals surface area (Å²) in [6.07, 6.45) is 7.97. The van der Waals surface area contributed by atoms with Gasteiger partial charge in [-0.25, -0.2) is 15.0 Å². The van der Waals surface area contributed by atoms with Crippen molar-refractivity contribution in [2.75, 3.05) is 36.4 Å². The summed E-state index contributed by atoms with van der Waals surface area (Å²) in [6, 6.07) is 11.2. The van der Waals surface area contributed by atoms with E-state index in [0.29, 0.717) is 17.6 Å². The molecule has 0 atom stereocenters. The second kappa shape index (κ2) is 9.50. The summed E-state index contributed by atoms with van der Waals surface area (Å²) in [4.78, 5) is 32.3. The number of pyridine rings is 2. The smallest absolute Gasteiger partial charge is 0.307 e. The Morgan fingerprint density at radius 2 is 1.89 bits per heavy atom. The number of hydrogen-bond acceptors (Lipinski definition) is 8. The van der Waals surface area contributed by atoms with E-state index in [1.54, 1.807) is 18.3 Å². The lowest BCUT2D eigenvalue weighted by atomic mass is 10.1. The van der Waals surface area contributed by atoms with Crippen molar-refractivity contribution >= 4 is 34.2 Å². The van der Waals surface area contributed by atoms with Gasteiger partial charge in [0.1, 0.15) is 11.6 Å². The number of piperazine rings is 1. The molecule has 182 valence electrons. The highest BCUT2D eigenvalue weighted by Gasteiger charge is 2.29. The fraction of sp³-hybridized carbons (Fsp3) is 0.296. The molecule has 2 aliphatic rings. The number of carbonyl (C=O) groups is 1. The second-order valence-electron chi connectivity index (χ2n) is 9.33. The van der Waals surface area contributed by atoms with Crippen LogP contribution in [0.3, 0.4) is 0 Å². The topological polar surface area (TPSA) is 116 Å². The van der Waals surface area contributed by atoms with E-state index >= 15 is 0 Å². The molecule has 9 heteroatoms. The molecule has 1 aliphatic heterocycles. The largest absolute Gasteiger partial charge is 0.481 e. The number of aromatic nitrogens is 4. The first-order chi connectivity index (χ1) is 17.6. The normalized spacial score (nSPS) is 15.7.